The number of phenols is 2. The Kier molecular flexibility index (Phi) is 9.15. The van der Waals surface area contributed by atoms with Gasteiger partial charge in [0.05, 0.1) is 37.2 Å². The summed E-state index contributed by atoms with van der Waals surface area (Å²) in [6.45, 7) is 3.59. The molecule has 0 aliphatic carbocycles. The van der Waals surface area contributed by atoms with E-state index < -0.39 is 44.6 Å². The molecule has 0 aromatic heterocycles. The van der Waals surface area contributed by atoms with Crippen LogP contribution in [-0.2, 0) is 29.5 Å². The number of rotatable bonds is 9. The van der Waals surface area contributed by atoms with Gasteiger partial charge in [0.15, 0.2) is 12.5 Å². The van der Waals surface area contributed by atoms with Crippen LogP contribution in [0.1, 0.15) is 37.4 Å². The average molecular weight is 697 g/mol. The van der Waals surface area contributed by atoms with E-state index in [-0.39, 0.29) is 56.8 Å². The molecular formula is C34H36N2O10S2. The molecule has 0 saturated carbocycles. The highest BCUT2D eigenvalue weighted by molar-refractivity contribution is 7.89. The lowest BCUT2D eigenvalue weighted by molar-refractivity contribution is 0.0656. The standard InChI is InChI=1S/C34H36N2O10S2/c1-21-19-45-33(35(21)47(39,40)25-15-11-23(43-3)12-16-25)29-9-5-7-27(31(29)37)28-8-6-10-30(32(28)38)34-36(22(2)20-46-34)48(41,42)26-17-13-24(44-4)14-18-26/h5-18,21-22,33-34,37-38H,19-20H2,1-4H3/t21-,22-,33-,34-/m0/s1. The Hall–Kier alpha value is -4.18. The van der Waals surface area contributed by atoms with Crippen LogP contribution >= 0.6 is 0 Å². The van der Waals surface area contributed by atoms with Gasteiger partial charge >= 0.3 is 0 Å². The maximum Gasteiger partial charge on any atom is 0.245 e. The van der Waals surface area contributed by atoms with Crippen molar-refractivity contribution in [2.75, 3.05) is 27.4 Å². The molecule has 2 N–H and O–H groups in total. The van der Waals surface area contributed by atoms with E-state index >= 15 is 0 Å². The lowest BCUT2D eigenvalue weighted by Crippen LogP contribution is -2.36. The van der Waals surface area contributed by atoms with Gasteiger partial charge in [-0.25, -0.2) is 16.8 Å². The summed E-state index contributed by atoms with van der Waals surface area (Å²) in [5.74, 6) is 0.398. The largest absolute Gasteiger partial charge is 0.507 e. The van der Waals surface area contributed by atoms with Gasteiger partial charge in [0.25, 0.3) is 0 Å². The molecule has 2 saturated heterocycles. The number of benzene rings is 4. The second kappa shape index (κ2) is 13.0. The molecule has 254 valence electrons. The molecule has 0 amide bonds. The highest BCUT2D eigenvalue weighted by atomic mass is 32.2. The van der Waals surface area contributed by atoms with Crippen LogP contribution in [0.3, 0.4) is 0 Å². The van der Waals surface area contributed by atoms with E-state index in [2.05, 4.69) is 0 Å². The first-order valence-corrected chi connectivity index (χ1v) is 18.0. The van der Waals surface area contributed by atoms with E-state index in [1.54, 1.807) is 74.5 Å². The van der Waals surface area contributed by atoms with Crippen LogP contribution in [0.15, 0.2) is 94.7 Å². The summed E-state index contributed by atoms with van der Waals surface area (Å²) < 4.78 is 79.9. The van der Waals surface area contributed by atoms with Gasteiger partial charge in [0, 0.05) is 34.3 Å². The van der Waals surface area contributed by atoms with Crippen molar-refractivity contribution in [3.05, 3.63) is 96.1 Å². The quantitative estimate of drug-likeness (QED) is 0.245. The second-order valence-electron chi connectivity index (χ2n) is 11.6. The molecule has 0 unspecified atom stereocenters. The molecule has 2 fully saturated rings. The van der Waals surface area contributed by atoms with Gasteiger partial charge in [-0.2, -0.15) is 8.61 Å². The van der Waals surface area contributed by atoms with Gasteiger partial charge in [-0.3, -0.25) is 0 Å². The van der Waals surface area contributed by atoms with Crippen molar-refractivity contribution in [2.24, 2.45) is 0 Å². The first-order valence-electron chi connectivity index (χ1n) is 15.1. The van der Waals surface area contributed by atoms with Gasteiger partial charge in [-0.05, 0) is 62.4 Å². The van der Waals surface area contributed by atoms with E-state index in [4.69, 9.17) is 18.9 Å². The molecule has 0 radical (unpaired) electrons. The van der Waals surface area contributed by atoms with Crippen LogP contribution in [0.4, 0.5) is 0 Å². The highest BCUT2D eigenvalue weighted by Crippen LogP contribution is 2.47. The molecule has 48 heavy (non-hydrogen) atoms. The van der Waals surface area contributed by atoms with Gasteiger partial charge in [0.1, 0.15) is 23.0 Å². The number of sulfonamides is 2. The number of nitrogens with zero attached hydrogens (tertiary/aromatic N) is 2. The molecule has 2 heterocycles. The zero-order chi connectivity index (χ0) is 34.4. The third-order valence-electron chi connectivity index (χ3n) is 8.55. The number of hydrogen-bond donors (Lipinski definition) is 2. The Morgan fingerprint density at radius 1 is 0.604 bits per heavy atom. The molecule has 4 atom stereocenters. The Morgan fingerprint density at radius 3 is 1.29 bits per heavy atom. The highest BCUT2D eigenvalue weighted by Gasteiger charge is 2.45. The molecule has 12 nitrogen and oxygen atoms in total. The summed E-state index contributed by atoms with van der Waals surface area (Å²) >= 11 is 0. The minimum Gasteiger partial charge on any atom is -0.507 e. The van der Waals surface area contributed by atoms with Crippen LogP contribution in [0, 0.1) is 0 Å². The summed E-state index contributed by atoms with van der Waals surface area (Å²) in [4.78, 5) is 0.0677. The number of methoxy groups -OCH3 is 2. The predicted molar refractivity (Wildman–Crippen MR) is 176 cm³/mol. The van der Waals surface area contributed by atoms with Crippen LogP contribution in [-0.4, -0.2) is 75.2 Å². The average Bonchev–Trinajstić information content (AvgIpc) is 3.68. The van der Waals surface area contributed by atoms with Crippen LogP contribution < -0.4 is 9.47 Å². The predicted octanol–water partition coefficient (Wildman–Crippen LogP) is 5.00. The molecule has 2 aliphatic heterocycles. The number of aromatic hydroxyl groups is 2. The first-order chi connectivity index (χ1) is 22.9. The fourth-order valence-electron chi connectivity index (χ4n) is 6.09. The Morgan fingerprint density at radius 2 is 0.958 bits per heavy atom. The number of phenolic OH excluding ortho intramolecular Hbond substituents is 2. The molecular weight excluding hydrogens is 661 g/mol. The van der Waals surface area contributed by atoms with Gasteiger partial charge in [-0.15, -0.1) is 0 Å². The second-order valence-corrected chi connectivity index (χ2v) is 15.3. The van der Waals surface area contributed by atoms with Crippen molar-refractivity contribution in [1.82, 2.24) is 8.61 Å². The molecule has 2 aliphatic rings. The summed E-state index contributed by atoms with van der Waals surface area (Å²) in [5, 5.41) is 23.3. The lowest BCUT2D eigenvalue weighted by Gasteiger charge is -2.28. The lowest BCUT2D eigenvalue weighted by atomic mass is 9.97. The summed E-state index contributed by atoms with van der Waals surface area (Å²) in [6, 6.07) is 20.4. The molecule has 4 aromatic carbocycles. The Balaban J connectivity index is 1.37. The van der Waals surface area contributed by atoms with Crippen molar-refractivity contribution in [3.8, 4) is 34.1 Å². The van der Waals surface area contributed by atoms with E-state index in [0.29, 0.717) is 11.5 Å². The van der Waals surface area contributed by atoms with Gasteiger partial charge in [0.2, 0.25) is 20.0 Å². The van der Waals surface area contributed by atoms with Crippen molar-refractivity contribution in [2.45, 2.75) is 48.2 Å². The summed E-state index contributed by atoms with van der Waals surface area (Å²) in [7, 11) is -5.18. The van der Waals surface area contributed by atoms with Crippen molar-refractivity contribution in [3.63, 3.8) is 0 Å². The van der Waals surface area contributed by atoms with E-state index in [0.717, 1.165) is 0 Å². The SMILES string of the molecule is COc1ccc(S(=O)(=O)N2[C@@H](C)CO[C@H]2c2cccc(-c3cccc([C@@H]4OC[C@H](C)N4S(=O)(=O)c4ccc(OC)cc4)c3O)c2O)cc1. The molecule has 14 heteroatoms. The van der Waals surface area contributed by atoms with Crippen LogP contribution in [0.5, 0.6) is 23.0 Å². The minimum absolute atomic E-state index is 0.0339. The third-order valence-corrected chi connectivity index (χ3v) is 12.5. The van der Waals surface area contributed by atoms with Crippen LogP contribution in [0.25, 0.3) is 11.1 Å². The van der Waals surface area contributed by atoms with Crippen molar-refractivity contribution < 1.29 is 46.0 Å². The number of hydrogen-bond acceptors (Lipinski definition) is 10. The number of ether oxygens (including phenoxy) is 4. The van der Waals surface area contributed by atoms with E-state index in [1.165, 1.54) is 47.1 Å². The van der Waals surface area contributed by atoms with Crippen molar-refractivity contribution in [1.29, 1.82) is 0 Å². The normalized spacial score (nSPS) is 22.2. The third kappa shape index (κ3) is 5.78. The smallest absolute Gasteiger partial charge is 0.245 e. The van der Waals surface area contributed by atoms with Gasteiger partial charge < -0.3 is 29.2 Å². The molecule has 0 bridgehead atoms. The Bertz CT molecular complexity index is 1870. The van der Waals surface area contributed by atoms with E-state index in [1.807, 2.05) is 0 Å². The zero-order valence-electron chi connectivity index (χ0n) is 26.7. The number of para-hydroxylation sites is 2. The van der Waals surface area contributed by atoms with Gasteiger partial charge in [-0.1, -0.05) is 36.4 Å². The monoisotopic (exact) mass is 696 g/mol. The molecule has 6 rings (SSSR count). The fourth-order valence-corrected chi connectivity index (χ4v) is 9.46. The fraction of sp³-hybridized carbons (Fsp3) is 0.294. The topological polar surface area (TPSA) is 152 Å². The maximum atomic E-state index is 13.8. The first kappa shape index (κ1) is 33.7. The molecule has 4 aromatic rings. The van der Waals surface area contributed by atoms with Crippen LogP contribution in [0.2, 0.25) is 0 Å². The summed E-state index contributed by atoms with van der Waals surface area (Å²) in [6.07, 6.45) is -2.33. The summed E-state index contributed by atoms with van der Waals surface area (Å²) in [5.41, 5.74) is 0.723. The maximum absolute atomic E-state index is 13.8. The minimum atomic E-state index is -4.08. The zero-order valence-corrected chi connectivity index (χ0v) is 28.3. The Labute approximate surface area is 279 Å². The molecule has 0 spiro atoms. The van der Waals surface area contributed by atoms with Crippen molar-refractivity contribution >= 4 is 20.0 Å². The van der Waals surface area contributed by atoms with E-state index in [9.17, 15) is 27.0 Å².